The number of rotatable bonds is 17. The van der Waals surface area contributed by atoms with Crippen LogP contribution in [0.3, 0.4) is 0 Å². The van der Waals surface area contributed by atoms with Gasteiger partial charge in [0.05, 0.1) is 12.4 Å². The lowest BCUT2D eigenvalue weighted by Gasteiger charge is -2.25. The van der Waals surface area contributed by atoms with Crippen LogP contribution >= 0.6 is 23.5 Å². The second-order valence-electron chi connectivity index (χ2n) is 8.66. The highest BCUT2D eigenvalue weighted by Crippen LogP contribution is 2.08. The summed E-state index contributed by atoms with van der Waals surface area (Å²) in [4.78, 5) is 57.8. The summed E-state index contributed by atoms with van der Waals surface area (Å²) < 4.78 is 0. The van der Waals surface area contributed by atoms with Crippen molar-refractivity contribution in [3.8, 4) is 0 Å². The molecular weight excluding hydrogens is 528 g/mol. The fourth-order valence-corrected chi connectivity index (χ4v) is 4.55. The highest BCUT2D eigenvalue weighted by Gasteiger charge is 2.30. The summed E-state index contributed by atoms with van der Waals surface area (Å²) >= 11 is 2.99. The number of thioether (sulfide) groups is 2. The maximum absolute atomic E-state index is 13.3. The van der Waals surface area contributed by atoms with Crippen LogP contribution in [0.25, 0.3) is 0 Å². The third kappa shape index (κ3) is 10.8. The number of amides is 3. The van der Waals surface area contributed by atoms with Crippen LogP contribution in [0.5, 0.6) is 0 Å². The zero-order chi connectivity index (χ0) is 27.9. The number of carbonyl (C=O) groups excluding carboxylic acids is 3. The van der Waals surface area contributed by atoms with Crippen molar-refractivity contribution in [1.82, 2.24) is 25.9 Å². The average molecular weight is 565 g/mol. The van der Waals surface area contributed by atoms with Crippen LogP contribution < -0.4 is 21.7 Å². The van der Waals surface area contributed by atoms with Gasteiger partial charge in [0.1, 0.15) is 18.1 Å². The van der Waals surface area contributed by atoms with Gasteiger partial charge in [-0.25, -0.2) is 9.78 Å². The van der Waals surface area contributed by atoms with E-state index in [0.717, 1.165) is 5.56 Å². The van der Waals surface area contributed by atoms with Crippen molar-refractivity contribution < 1.29 is 24.3 Å². The molecule has 1 aromatic heterocycles. The molecule has 0 spiro atoms. The Hall–Kier alpha value is -3.03. The van der Waals surface area contributed by atoms with Crippen molar-refractivity contribution in [3.63, 3.8) is 0 Å². The molecule has 4 atom stereocenters. The van der Waals surface area contributed by atoms with Crippen LogP contribution in [-0.2, 0) is 32.0 Å². The molecule has 0 aliphatic rings. The van der Waals surface area contributed by atoms with E-state index in [0.29, 0.717) is 23.6 Å². The average Bonchev–Trinajstić information content (AvgIpc) is 3.41. The third-order valence-corrected chi connectivity index (χ3v) is 7.00. The summed E-state index contributed by atoms with van der Waals surface area (Å²) in [5.74, 6) is -1.68. The van der Waals surface area contributed by atoms with Gasteiger partial charge < -0.3 is 31.8 Å². The van der Waals surface area contributed by atoms with Crippen LogP contribution in [0, 0.1) is 0 Å². The lowest BCUT2D eigenvalue weighted by molar-refractivity contribution is -0.142. The lowest BCUT2D eigenvalue weighted by atomic mass is 10.0. The van der Waals surface area contributed by atoms with Crippen molar-refractivity contribution in [2.45, 2.75) is 49.9 Å². The predicted octanol–water partition coefficient (Wildman–Crippen LogP) is 0.567. The van der Waals surface area contributed by atoms with Crippen molar-refractivity contribution in [1.29, 1.82) is 0 Å². The molecule has 0 radical (unpaired) electrons. The summed E-state index contributed by atoms with van der Waals surface area (Å²) in [6, 6.07) is 5.12. The Morgan fingerprint density at radius 2 is 1.47 bits per heavy atom. The van der Waals surface area contributed by atoms with Gasteiger partial charge in [-0.3, -0.25) is 14.4 Å². The van der Waals surface area contributed by atoms with Gasteiger partial charge in [0.25, 0.3) is 0 Å². The zero-order valence-corrected chi connectivity index (χ0v) is 23.1. The molecule has 1 aromatic carbocycles. The van der Waals surface area contributed by atoms with Crippen LogP contribution in [0.15, 0.2) is 42.9 Å². The van der Waals surface area contributed by atoms with E-state index in [1.54, 1.807) is 6.20 Å². The first-order valence-corrected chi connectivity index (χ1v) is 14.9. The van der Waals surface area contributed by atoms with Gasteiger partial charge in [0, 0.05) is 24.7 Å². The molecule has 0 saturated carbocycles. The zero-order valence-electron chi connectivity index (χ0n) is 21.5. The summed E-state index contributed by atoms with van der Waals surface area (Å²) in [6.07, 6.45) is 7.72. The predicted molar refractivity (Wildman–Crippen MR) is 150 cm³/mol. The number of carboxylic acids is 1. The van der Waals surface area contributed by atoms with Crippen molar-refractivity contribution in [3.05, 3.63) is 54.1 Å². The first kappa shape index (κ1) is 31.2. The molecule has 1 heterocycles. The standard InChI is InChI=1S/C25H36N6O5S2/c1-37-10-8-19(29-22(32)18(26)13-17-14-27-15-28-17)23(33)31-21(12-16-6-4-3-5-7-16)24(34)30-20(25(35)36)9-11-38-2/h3-7,14-15,18-21H,8-13,26H2,1-2H3,(H,27,28)(H,29,32)(H,30,34)(H,31,33)(H,35,36). The van der Waals surface area contributed by atoms with Gasteiger partial charge in [-0.15, -0.1) is 0 Å². The fourth-order valence-electron chi connectivity index (χ4n) is 3.61. The minimum absolute atomic E-state index is 0.149. The number of carbonyl (C=O) groups is 4. The number of nitrogens with two attached hydrogens (primary N) is 1. The smallest absolute Gasteiger partial charge is 0.326 e. The molecule has 0 bridgehead atoms. The molecule has 2 aromatic rings. The highest BCUT2D eigenvalue weighted by molar-refractivity contribution is 7.98. The summed E-state index contributed by atoms with van der Waals surface area (Å²) in [5.41, 5.74) is 7.52. The lowest BCUT2D eigenvalue weighted by Crippen LogP contribution is -2.58. The molecule has 11 nitrogen and oxygen atoms in total. The first-order chi connectivity index (χ1) is 18.2. The Morgan fingerprint density at radius 3 is 2.05 bits per heavy atom. The number of carboxylic acid groups (broad SMARTS) is 1. The molecule has 2 rings (SSSR count). The minimum Gasteiger partial charge on any atom is -0.480 e. The van der Waals surface area contributed by atoms with Crippen LogP contribution in [0.4, 0.5) is 0 Å². The molecular formula is C25H36N6O5S2. The number of aliphatic carboxylic acids is 1. The monoisotopic (exact) mass is 564 g/mol. The Morgan fingerprint density at radius 1 is 0.895 bits per heavy atom. The minimum atomic E-state index is -1.14. The maximum atomic E-state index is 13.3. The third-order valence-electron chi connectivity index (χ3n) is 5.72. The maximum Gasteiger partial charge on any atom is 0.326 e. The quantitative estimate of drug-likeness (QED) is 0.160. The number of H-pyrrole nitrogens is 1. The molecule has 38 heavy (non-hydrogen) atoms. The Bertz CT molecular complexity index is 1020. The van der Waals surface area contributed by atoms with Gasteiger partial charge in [-0.1, -0.05) is 30.3 Å². The second kappa shape index (κ2) is 16.7. The Kier molecular flexibility index (Phi) is 13.7. The number of aromatic amines is 1. The number of aromatic nitrogens is 2. The van der Waals surface area contributed by atoms with E-state index in [4.69, 9.17) is 5.73 Å². The molecule has 208 valence electrons. The molecule has 0 saturated heterocycles. The Balaban J connectivity index is 2.16. The molecule has 3 amide bonds. The summed E-state index contributed by atoms with van der Waals surface area (Å²) in [5, 5.41) is 17.5. The SMILES string of the molecule is CSCCC(NC(=O)C(Cc1ccccc1)NC(=O)C(CCSC)NC(=O)C(N)Cc1cnc[nH]1)C(=O)O. The number of hydrogen-bond acceptors (Lipinski definition) is 8. The molecule has 7 N–H and O–H groups in total. The Labute approximate surface area is 230 Å². The topological polar surface area (TPSA) is 179 Å². The number of imidazole rings is 1. The fraction of sp³-hybridized carbons (Fsp3) is 0.480. The summed E-state index contributed by atoms with van der Waals surface area (Å²) in [6.45, 7) is 0. The van der Waals surface area contributed by atoms with E-state index in [9.17, 15) is 24.3 Å². The van der Waals surface area contributed by atoms with E-state index in [1.807, 2.05) is 42.8 Å². The van der Waals surface area contributed by atoms with Crippen LogP contribution in [0.2, 0.25) is 0 Å². The van der Waals surface area contributed by atoms with Gasteiger partial charge >= 0.3 is 5.97 Å². The number of nitrogens with zero attached hydrogens (tertiary/aromatic N) is 1. The second-order valence-corrected chi connectivity index (χ2v) is 10.6. The molecule has 0 aliphatic carbocycles. The van der Waals surface area contributed by atoms with Crippen LogP contribution in [-0.4, -0.2) is 86.9 Å². The van der Waals surface area contributed by atoms with Crippen molar-refractivity contribution in [2.75, 3.05) is 24.0 Å². The molecule has 13 heteroatoms. The number of hydrogen-bond donors (Lipinski definition) is 6. The number of nitrogens with one attached hydrogen (secondary N) is 4. The van der Waals surface area contributed by atoms with Crippen molar-refractivity contribution in [2.24, 2.45) is 5.73 Å². The summed E-state index contributed by atoms with van der Waals surface area (Å²) in [7, 11) is 0. The highest BCUT2D eigenvalue weighted by atomic mass is 32.2. The van der Waals surface area contributed by atoms with E-state index >= 15 is 0 Å². The molecule has 0 aliphatic heterocycles. The molecule has 0 fully saturated rings. The van der Waals surface area contributed by atoms with Gasteiger partial charge in [-0.05, 0) is 42.4 Å². The number of benzene rings is 1. The van der Waals surface area contributed by atoms with E-state index in [-0.39, 0.29) is 19.3 Å². The van der Waals surface area contributed by atoms with Gasteiger partial charge in [0.2, 0.25) is 17.7 Å². The van der Waals surface area contributed by atoms with E-state index in [1.165, 1.54) is 29.9 Å². The van der Waals surface area contributed by atoms with E-state index in [2.05, 4.69) is 25.9 Å². The largest absolute Gasteiger partial charge is 0.480 e. The van der Waals surface area contributed by atoms with Crippen molar-refractivity contribution >= 4 is 47.2 Å². The van der Waals surface area contributed by atoms with Crippen LogP contribution in [0.1, 0.15) is 24.1 Å². The van der Waals surface area contributed by atoms with Gasteiger partial charge in [-0.2, -0.15) is 23.5 Å². The van der Waals surface area contributed by atoms with Gasteiger partial charge in [0.15, 0.2) is 0 Å². The van der Waals surface area contributed by atoms with E-state index < -0.39 is 47.9 Å². The molecule has 4 unspecified atom stereocenters. The first-order valence-electron chi connectivity index (χ1n) is 12.1. The normalized spacial score (nSPS) is 14.1.